The molecule has 1 aromatic heterocycles. The van der Waals surface area contributed by atoms with E-state index < -0.39 is 0 Å². The highest BCUT2D eigenvalue weighted by Gasteiger charge is 2.24. The Hall–Kier alpha value is 0.130. The number of hydrogen-bond acceptors (Lipinski definition) is 2. The molecule has 1 aliphatic heterocycles. The molecule has 1 saturated heterocycles. The zero-order valence-electron chi connectivity index (χ0n) is 8.79. The van der Waals surface area contributed by atoms with E-state index in [0.29, 0.717) is 5.92 Å². The van der Waals surface area contributed by atoms with E-state index in [-0.39, 0.29) is 5.91 Å². The second kappa shape index (κ2) is 5.65. The maximum absolute atomic E-state index is 12.2. The van der Waals surface area contributed by atoms with Crippen molar-refractivity contribution in [3.63, 3.8) is 0 Å². The fourth-order valence-electron chi connectivity index (χ4n) is 1.96. The van der Waals surface area contributed by atoms with E-state index in [1.807, 2.05) is 17.0 Å². The van der Waals surface area contributed by atoms with E-state index in [1.165, 1.54) is 17.8 Å². The summed E-state index contributed by atoms with van der Waals surface area (Å²) < 4.78 is 1.02. The molecule has 0 bridgehead atoms. The molecular weight excluding hydrogens is 354 g/mol. The lowest BCUT2D eigenvalue weighted by molar-refractivity contribution is 0.0691. The number of amides is 1. The van der Waals surface area contributed by atoms with Crippen molar-refractivity contribution >= 4 is 49.1 Å². The van der Waals surface area contributed by atoms with Crippen LogP contribution >= 0.6 is 43.2 Å². The number of hydrogen-bond donors (Lipinski definition) is 0. The van der Waals surface area contributed by atoms with Crippen LogP contribution in [-0.4, -0.2) is 29.2 Å². The molecule has 16 heavy (non-hydrogen) atoms. The smallest absolute Gasteiger partial charge is 0.263 e. The highest BCUT2D eigenvalue weighted by Crippen LogP contribution is 2.25. The quantitative estimate of drug-likeness (QED) is 0.730. The van der Waals surface area contributed by atoms with Crippen LogP contribution in [0.3, 0.4) is 0 Å². The summed E-state index contributed by atoms with van der Waals surface area (Å²) in [5.41, 5.74) is 0. The number of piperidine rings is 1. The summed E-state index contributed by atoms with van der Waals surface area (Å²) in [6.45, 7) is 1.79. The molecule has 1 aromatic rings. The Kier molecular flexibility index (Phi) is 4.44. The van der Waals surface area contributed by atoms with Crippen LogP contribution in [0.2, 0.25) is 0 Å². The Balaban J connectivity index is 2.04. The summed E-state index contributed by atoms with van der Waals surface area (Å²) in [4.78, 5) is 15.0. The summed E-state index contributed by atoms with van der Waals surface area (Å²) in [7, 11) is 0. The fourth-order valence-corrected chi connectivity index (χ4v) is 3.84. The second-order valence-corrected chi connectivity index (χ2v) is 7.13. The molecule has 1 amide bonds. The maximum atomic E-state index is 12.2. The van der Waals surface area contributed by atoms with E-state index in [2.05, 4.69) is 31.9 Å². The number of halogens is 2. The molecule has 0 N–H and O–H groups in total. The third-order valence-corrected chi connectivity index (χ3v) is 5.34. The first-order valence-corrected chi connectivity index (χ1v) is 8.04. The average molecular weight is 367 g/mol. The zero-order valence-corrected chi connectivity index (χ0v) is 12.8. The lowest BCUT2D eigenvalue weighted by Gasteiger charge is -2.31. The largest absolute Gasteiger partial charge is 0.338 e. The maximum Gasteiger partial charge on any atom is 0.263 e. The Morgan fingerprint density at radius 1 is 1.56 bits per heavy atom. The molecule has 1 unspecified atom stereocenters. The van der Waals surface area contributed by atoms with E-state index in [0.717, 1.165) is 33.5 Å². The minimum atomic E-state index is 0.182. The van der Waals surface area contributed by atoms with Crippen molar-refractivity contribution < 1.29 is 4.79 Å². The van der Waals surface area contributed by atoms with Gasteiger partial charge in [-0.2, -0.15) is 0 Å². The van der Waals surface area contributed by atoms with Gasteiger partial charge in [0, 0.05) is 18.4 Å². The van der Waals surface area contributed by atoms with Gasteiger partial charge < -0.3 is 4.90 Å². The van der Waals surface area contributed by atoms with Crippen molar-refractivity contribution in [3.05, 3.63) is 20.8 Å². The van der Waals surface area contributed by atoms with E-state index in [9.17, 15) is 4.79 Å². The minimum absolute atomic E-state index is 0.182. The highest BCUT2D eigenvalue weighted by atomic mass is 79.9. The van der Waals surface area contributed by atoms with Crippen molar-refractivity contribution in [1.82, 2.24) is 4.90 Å². The van der Waals surface area contributed by atoms with Gasteiger partial charge >= 0.3 is 0 Å². The van der Waals surface area contributed by atoms with Gasteiger partial charge in [0.1, 0.15) is 0 Å². The molecule has 88 valence electrons. The van der Waals surface area contributed by atoms with Crippen molar-refractivity contribution in [2.75, 3.05) is 18.4 Å². The molecule has 1 atom stereocenters. The van der Waals surface area contributed by atoms with Gasteiger partial charge in [-0.1, -0.05) is 15.9 Å². The molecule has 1 aliphatic rings. The number of rotatable bonds is 2. The molecule has 1 fully saturated rings. The van der Waals surface area contributed by atoms with Crippen molar-refractivity contribution in [3.8, 4) is 0 Å². The van der Waals surface area contributed by atoms with Gasteiger partial charge in [0.05, 0.1) is 8.66 Å². The average Bonchev–Trinajstić information content (AvgIpc) is 2.75. The zero-order chi connectivity index (χ0) is 11.5. The minimum Gasteiger partial charge on any atom is -0.338 e. The van der Waals surface area contributed by atoms with Crippen LogP contribution in [0, 0.1) is 5.92 Å². The number of carbonyl (C=O) groups excluding carboxylic acids is 1. The molecule has 0 aromatic carbocycles. The van der Waals surface area contributed by atoms with Gasteiger partial charge in [-0.15, -0.1) is 11.3 Å². The molecule has 0 saturated carbocycles. The summed E-state index contributed by atoms with van der Waals surface area (Å²) in [5, 5.41) is 0.991. The number of alkyl halides is 1. The monoisotopic (exact) mass is 365 g/mol. The molecule has 5 heteroatoms. The summed E-state index contributed by atoms with van der Waals surface area (Å²) in [6, 6.07) is 3.83. The van der Waals surface area contributed by atoms with Crippen molar-refractivity contribution in [1.29, 1.82) is 0 Å². The molecule has 2 nitrogen and oxygen atoms in total. The van der Waals surface area contributed by atoms with Gasteiger partial charge in [-0.3, -0.25) is 4.79 Å². The normalized spacial score (nSPS) is 21.1. The number of nitrogens with zero attached hydrogens (tertiary/aromatic N) is 1. The first kappa shape index (κ1) is 12.6. The predicted octanol–water partition coefficient (Wildman–Crippen LogP) is 3.76. The van der Waals surface area contributed by atoms with Gasteiger partial charge in [0.2, 0.25) is 0 Å². The van der Waals surface area contributed by atoms with Crippen molar-refractivity contribution in [2.24, 2.45) is 5.92 Å². The van der Waals surface area contributed by atoms with E-state index in [1.54, 1.807) is 0 Å². The van der Waals surface area contributed by atoms with Gasteiger partial charge in [0.15, 0.2) is 0 Å². The van der Waals surface area contributed by atoms with Crippen LogP contribution in [-0.2, 0) is 0 Å². The lowest BCUT2D eigenvalue weighted by atomic mass is 10.0. The number of carbonyl (C=O) groups is 1. The van der Waals surface area contributed by atoms with Gasteiger partial charge in [-0.25, -0.2) is 0 Å². The predicted molar refractivity (Wildman–Crippen MR) is 74.4 cm³/mol. The summed E-state index contributed by atoms with van der Waals surface area (Å²) in [5.74, 6) is 0.794. The topological polar surface area (TPSA) is 20.3 Å². The van der Waals surface area contributed by atoms with Crippen LogP contribution in [0.15, 0.2) is 15.9 Å². The number of likely N-dealkylation sites (tertiary alicyclic amines) is 1. The molecule has 2 rings (SSSR count). The fraction of sp³-hybridized carbons (Fsp3) is 0.545. The van der Waals surface area contributed by atoms with Crippen LogP contribution in [0.4, 0.5) is 0 Å². The highest BCUT2D eigenvalue weighted by molar-refractivity contribution is 9.11. The Morgan fingerprint density at radius 3 is 3.00 bits per heavy atom. The standard InChI is InChI=1S/C11H13Br2NOS/c12-6-8-2-1-5-14(7-8)11(15)9-3-4-10(13)16-9/h3-4,8H,1-2,5-7H2. The summed E-state index contributed by atoms with van der Waals surface area (Å²) in [6.07, 6.45) is 2.34. The molecular formula is C11H13Br2NOS. The molecule has 0 radical (unpaired) electrons. The molecule has 0 spiro atoms. The molecule has 0 aliphatic carbocycles. The second-order valence-electron chi connectivity index (χ2n) is 4.02. The first-order chi connectivity index (χ1) is 7.70. The Morgan fingerprint density at radius 2 is 2.38 bits per heavy atom. The number of thiophene rings is 1. The lowest BCUT2D eigenvalue weighted by Crippen LogP contribution is -2.40. The summed E-state index contributed by atoms with van der Waals surface area (Å²) >= 11 is 8.41. The Bertz CT molecular complexity index is 380. The third kappa shape index (κ3) is 2.87. The van der Waals surface area contributed by atoms with Gasteiger partial charge in [-0.05, 0) is 46.8 Å². The Labute approximate surface area is 116 Å². The van der Waals surface area contributed by atoms with E-state index in [4.69, 9.17) is 0 Å². The van der Waals surface area contributed by atoms with E-state index >= 15 is 0 Å². The SMILES string of the molecule is O=C(c1ccc(Br)s1)N1CCCC(CBr)C1. The first-order valence-electron chi connectivity index (χ1n) is 5.31. The van der Waals surface area contributed by atoms with Crippen LogP contribution in [0.1, 0.15) is 22.5 Å². The third-order valence-electron chi connectivity index (χ3n) is 2.81. The van der Waals surface area contributed by atoms with Crippen LogP contribution in [0.5, 0.6) is 0 Å². The van der Waals surface area contributed by atoms with Crippen LogP contribution in [0.25, 0.3) is 0 Å². The van der Waals surface area contributed by atoms with Gasteiger partial charge in [0.25, 0.3) is 5.91 Å². The van der Waals surface area contributed by atoms with Crippen molar-refractivity contribution in [2.45, 2.75) is 12.8 Å². The van der Waals surface area contributed by atoms with Crippen LogP contribution < -0.4 is 0 Å². The molecule has 2 heterocycles.